The van der Waals surface area contributed by atoms with E-state index >= 15 is 0 Å². The molecule has 1 rings (SSSR count). The number of aliphatic hydroxyl groups excluding tert-OH is 1. The molecule has 1 unspecified atom stereocenters. The SMILES string of the molecule is CS(=O)(=O)CCCC(CO)Cc1ccccc1. The lowest BCUT2D eigenvalue weighted by Gasteiger charge is -2.13. The molecule has 1 aromatic rings. The highest BCUT2D eigenvalue weighted by atomic mass is 32.2. The molecule has 0 saturated heterocycles. The molecule has 0 aliphatic heterocycles. The fourth-order valence-corrected chi connectivity index (χ4v) is 2.53. The van der Waals surface area contributed by atoms with Gasteiger partial charge in [-0.2, -0.15) is 0 Å². The summed E-state index contributed by atoms with van der Waals surface area (Å²) in [5, 5.41) is 9.27. The summed E-state index contributed by atoms with van der Waals surface area (Å²) >= 11 is 0. The van der Waals surface area contributed by atoms with E-state index in [1.54, 1.807) is 0 Å². The van der Waals surface area contributed by atoms with E-state index in [2.05, 4.69) is 0 Å². The number of rotatable bonds is 7. The quantitative estimate of drug-likeness (QED) is 0.807. The molecule has 0 heterocycles. The second-order valence-electron chi connectivity index (χ2n) is 4.51. The maximum atomic E-state index is 11.0. The third kappa shape index (κ3) is 6.44. The number of hydrogen-bond donors (Lipinski definition) is 1. The molecule has 0 aliphatic carbocycles. The van der Waals surface area contributed by atoms with Crippen LogP contribution < -0.4 is 0 Å². The van der Waals surface area contributed by atoms with Crippen molar-refractivity contribution in [1.29, 1.82) is 0 Å². The van der Waals surface area contributed by atoms with Crippen LogP contribution in [0.5, 0.6) is 0 Å². The minimum Gasteiger partial charge on any atom is -0.396 e. The normalized spacial score (nSPS) is 13.5. The van der Waals surface area contributed by atoms with Gasteiger partial charge in [0.05, 0.1) is 0 Å². The molecular weight excluding hydrogens is 236 g/mol. The summed E-state index contributed by atoms with van der Waals surface area (Å²) in [4.78, 5) is 0. The van der Waals surface area contributed by atoms with Gasteiger partial charge in [-0.3, -0.25) is 0 Å². The van der Waals surface area contributed by atoms with Crippen LogP contribution in [-0.4, -0.2) is 32.1 Å². The van der Waals surface area contributed by atoms with Gasteiger partial charge in [0.1, 0.15) is 9.84 Å². The molecule has 96 valence electrons. The van der Waals surface area contributed by atoms with Gasteiger partial charge in [-0.1, -0.05) is 30.3 Å². The molecular formula is C13H20O3S. The van der Waals surface area contributed by atoms with Crippen molar-refractivity contribution in [3.8, 4) is 0 Å². The van der Waals surface area contributed by atoms with Crippen molar-refractivity contribution in [2.45, 2.75) is 19.3 Å². The second kappa shape index (κ2) is 6.77. The number of aliphatic hydroxyl groups is 1. The first-order chi connectivity index (χ1) is 8.01. The Hall–Kier alpha value is -0.870. The van der Waals surface area contributed by atoms with Crippen LogP contribution in [-0.2, 0) is 16.3 Å². The molecule has 4 heteroatoms. The van der Waals surface area contributed by atoms with E-state index in [0.29, 0.717) is 6.42 Å². The molecule has 1 N–H and O–H groups in total. The van der Waals surface area contributed by atoms with Gasteiger partial charge in [-0.05, 0) is 30.7 Å². The maximum Gasteiger partial charge on any atom is 0.147 e. The van der Waals surface area contributed by atoms with E-state index in [-0.39, 0.29) is 18.3 Å². The molecule has 0 radical (unpaired) electrons. The van der Waals surface area contributed by atoms with E-state index < -0.39 is 9.84 Å². The lowest BCUT2D eigenvalue weighted by Crippen LogP contribution is -2.12. The Morgan fingerprint density at radius 2 is 1.88 bits per heavy atom. The zero-order chi connectivity index (χ0) is 12.7. The summed E-state index contributed by atoms with van der Waals surface area (Å²) in [6.07, 6.45) is 3.43. The molecule has 0 aromatic heterocycles. The van der Waals surface area contributed by atoms with Crippen molar-refractivity contribution in [2.75, 3.05) is 18.6 Å². The first-order valence-electron chi connectivity index (χ1n) is 5.84. The summed E-state index contributed by atoms with van der Waals surface area (Å²) in [6.45, 7) is 0.110. The smallest absolute Gasteiger partial charge is 0.147 e. The maximum absolute atomic E-state index is 11.0. The zero-order valence-electron chi connectivity index (χ0n) is 10.2. The van der Waals surface area contributed by atoms with Crippen molar-refractivity contribution in [2.24, 2.45) is 5.92 Å². The van der Waals surface area contributed by atoms with Crippen molar-refractivity contribution in [1.82, 2.24) is 0 Å². The molecule has 0 spiro atoms. The molecule has 17 heavy (non-hydrogen) atoms. The van der Waals surface area contributed by atoms with Crippen LogP contribution in [0.25, 0.3) is 0 Å². The van der Waals surface area contributed by atoms with Gasteiger partial charge in [0.15, 0.2) is 0 Å². The topological polar surface area (TPSA) is 54.4 Å². The minimum absolute atomic E-state index is 0.110. The summed E-state index contributed by atoms with van der Waals surface area (Å²) in [6, 6.07) is 9.96. The molecule has 0 fully saturated rings. The fraction of sp³-hybridized carbons (Fsp3) is 0.538. The van der Waals surface area contributed by atoms with E-state index in [0.717, 1.165) is 12.8 Å². The fourth-order valence-electron chi connectivity index (χ4n) is 1.84. The van der Waals surface area contributed by atoms with Crippen LogP contribution in [0.4, 0.5) is 0 Å². The average molecular weight is 256 g/mol. The largest absolute Gasteiger partial charge is 0.396 e. The molecule has 0 aliphatic rings. The predicted octanol–water partition coefficient (Wildman–Crippen LogP) is 1.66. The van der Waals surface area contributed by atoms with E-state index in [4.69, 9.17) is 0 Å². The van der Waals surface area contributed by atoms with Crippen LogP contribution >= 0.6 is 0 Å². The van der Waals surface area contributed by atoms with Gasteiger partial charge in [0.2, 0.25) is 0 Å². The summed E-state index contributed by atoms with van der Waals surface area (Å²) in [7, 11) is -2.88. The number of benzene rings is 1. The van der Waals surface area contributed by atoms with Crippen molar-refractivity contribution < 1.29 is 13.5 Å². The Bertz CT molecular complexity index is 412. The standard InChI is InChI=1S/C13H20O3S/c1-17(15,16)9-5-8-13(11-14)10-12-6-3-2-4-7-12/h2-4,6-7,13-14H,5,8-11H2,1H3. The van der Waals surface area contributed by atoms with Gasteiger partial charge in [0.25, 0.3) is 0 Å². The molecule has 0 amide bonds. The van der Waals surface area contributed by atoms with Crippen LogP contribution in [0.2, 0.25) is 0 Å². The monoisotopic (exact) mass is 256 g/mol. The minimum atomic E-state index is -2.88. The Labute approximate surface area is 103 Å². The molecule has 3 nitrogen and oxygen atoms in total. The average Bonchev–Trinajstić information content (AvgIpc) is 2.27. The van der Waals surface area contributed by atoms with Gasteiger partial charge < -0.3 is 5.11 Å². The lowest BCUT2D eigenvalue weighted by atomic mass is 9.96. The summed E-state index contributed by atoms with van der Waals surface area (Å²) in [5.74, 6) is 0.359. The predicted molar refractivity (Wildman–Crippen MR) is 69.7 cm³/mol. The van der Waals surface area contributed by atoms with Gasteiger partial charge >= 0.3 is 0 Å². The summed E-state index contributed by atoms with van der Waals surface area (Å²) < 4.78 is 22.0. The van der Waals surface area contributed by atoms with E-state index in [1.807, 2.05) is 30.3 Å². The van der Waals surface area contributed by atoms with E-state index in [9.17, 15) is 13.5 Å². The van der Waals surface area contributed by atoms with Crippen molar-refractivity contribution in [3.63, 3.8) is 0 Å². The Morgan fingerprint density at radius 1 is 1.24 bits per heavy atom. The molecule has 1 aromatic carbocycles. The molecule has 1 atom stereocenters. The lowest BCUT2D eigenvalue weighted by molar-refractivity contribution is 0.217. The second-order valence-corrected chi connectivity index (χ2v) is 6.77. The van der Waals surface area contributed by atoms with Gasteiger partial charge in [0, 0.05) is 18.6 Å². The van der Waals surface area contributed by atoms with Crippen LogP contribution in [0.1, 0.15) is 18.4 Å². The molecule has 0 bridgehead atoms. The van der Waals surface area contributed by atoms with Crippen molar-refractivity contribution >= 4 is 9.84 Å². The zero-order valence-corrected chi connectivity index (χ0v) is 11.0. The third-order valence-corrected chi connectivity index (χ3v) is 3.78. The van der Waals surface area contributed by atoms with Crippen LogP contribution in [0, 0.1) is 5.92 Å². The van der Waals surface area contributed by atoms with Gasteiger partial charge in [-0.25, -0.2) is 8.42 Å². The summed E-state index contributed by atoms with van der Waals surface area (Å²) in [5.41, 5.74) is 1.19. The third-order valence-electron chi connectivity index (χ3n) is 2.75. The first kappa shape index (κ1) is 14.2. The molecule has 0 saturated carbocycles. The van der Waals surface area contributed by atoms with Crippen LogP contribution in [0.15, 0.2) is 30.3 Å². The number of hydrogen-bond acceptors (Lipinski definition) is 3. The highest BCUT2D eigenvalue weighted by molar-refractivity contribution is 7.90. The van der Waals surface area contributed by atoms with Crippen LogP contribution in [0.3, 0.4) is 0 Å². The highest BCUT2D eigenvalue weighted by Crippen LogP contribution is 2.14. The Kier molecular flexibility index (Phi) is 5.65. The highest BCUT2D eigenvalue weighted by Gasteiger charge is 2.10. The van der Waals surface area contributed by atoms with Gasteiger partial charge in [-0.15, -0.1) is 0 Å². The van der Waals surface area contributed by atoms with Crippen molar-refractivity contribution in [3.05, 3.63) is 35.9 Å². The Balaban J connectivity index is 2.39. The Morgan fingerprint density at radius 3 is 2.41 bits per heavy atom. The van der Waals surface area contributed by atoms with E-state index in [1.165, 1.54) is 11.8 Å². The first-order valence-corrected chi connectivity index (χ1v) is 7.90. The number of sulfone groups is 1.